The van der Waals surface area contributed by atoms with Gasteiger partial charge in [0.1, 0.15) is 0 Å². The number of rotatable bonds is 4. The molecule has 2 heterocycles. The van der Waals surface area contributed by atoms with Crippen molar-refractivity contribution >= 4 is 5.91 Å². The van der Waals surface area contributed by atoms with Crippen LogP contribution in [0, 0.1) is 11.3 Å². The first-order chi connectivity index (χ1) is 11.2. The molecule has 6 heteroatoms. The Labute approximate surface area is 135 Å². The van der Waals surface area contributed by atoms with Gasteiger partial charge in [-0.15, -0.1) is 0 Å². The van der Waals surface area contributed by atoms with E-state index in [1.165, 1.54) is 0 Å². The fourth-order valence-corrected chi connectivity index (χ4v) is 3.06. The number of nitrogens with zero attached hydrogens (tertiary/aromatic N) is 4. The third-order valence-electron chi connectivity index (χ3n) is 4.18. The molecule has 0 spiro atoms. The summed E-state index contributed by atoms with van der Waals surface area (Å²) >= 11 is 0. The number of nitrogens with one attached hydrogen (secondary N) is 1. The molecule has 118 valence electrons. The SMILES string of the molecule is CNC(=O)C[C@H]1CN(Cc2ccccc2C#N)Cc2ccnn21. The van der Waals surface area contributed by atoms with Gasteiger partial charge >= 0.3 is 0 Å². The molecule has 0 bridgehead atoms. The van der Waals surface area contributed by atoms with E-state index in [0.717, 1.165) is 24.3 Å². The number of benzene rings is 1. The standard InChI is InChI=1S/C17H19N5O/c1-19-17(23)8-16-12-21(11-15-6-7-20-22(15)16)10-14-5-3-2-4-13(14)9-18/h2-7,16H,8,10-12H2,1H3,(H,19,23)/t16-/m0/s1. The van der Waals surface area contributed by atoms with Crippen LogP contribution in [0.4, 0.5) is 0 Å². The number of aromatic nitrogens is 2. The fourth-order valence-electron chi connectivity index (χ4n) is 3.06. The maximum absolute atomic E-state index is 11.8. The zero-order chi connectivity index (χ0) is 16.2. The lowest BCUT2D eigenvalue weighted by Gasteiger charge is -2.33. The van der Waals surface area contributed by atoms with Gasteiger partial charge < -0.3 is 5.32 Å². The molecular formula is C17H19N5O. The maximum atomic E-state index is 11.8. The van der Waals surface area contributed by atoms with Crippen molar-refractivity contribution in [3.63, 3.8) is 0 Å². The summed E-state index contributed by atoms with van der Waals surface area (Å²) in [4.78, 5) is 14.0. The van der Waals surface area contributed by atoms with Gasteiger partial charge in [0.15, 0.2) is 0 Å². The van der Waals surface area contributed by atoms with Crippen molar-refractivity contribution in [2.45, 2.75) is 25.6 Å². The molecule has 23 heavy (non-hydrogen) atoms. The molecule has 1 amide bonds. The van der Waals surface area contributed by atoms with Crippen molar-refractivity contribution < 1.29 is 4.79 Å². The minimum atomic E-state index is 0.00993. The minimum Gasteiger partial charge on any atom is -0.359 e. The van der Waals surface area contributed by atoms with Crippen LogP contribution >= 0.6 is 0 Å². The molecular weight excluding hydrogens is 290 g/mol. The first-order valence-corrected chi connectivity index (χ1v) is 7.64. The lowest BCUT2D eigenvalue weighted by molar-refractivity contribution is -0.121. The molecule has 1 aromatic heterocycles. The number of carbonyl (C=O) groups is 1. The van der Waals surface area contributed by atoms with E-state index in [2.05, 4.69) is 21.4 Å². The van der Waals surface area contributed by atoms with Crippen LogP contribution in [-0.4, -0.2) is 34.2 Å². The van der Waals surface area contributed by atoms with E-state index in [4.69, 9.17) is 0 Å². The number of carbonyl (C=O) groups excluding carboxylic acids is 1. The van der Waals surface area contributed by atoms with E-state index < -0.39 is 0 Å². The maximum Gasteiger partial charge on any atom is 0.221 e. The summed E-state index contributed by atoms with van der Waals surface area (Å²) < 4.78 is 1.95. The minimum absolute atomic E-state index is 0.00993. The molecule has 0 aliphatic carbocycles. The van der Waals surface area contributed by atoms with Gasteiger partial charge in [0.25, 0.3) is 0 Å². The van der Waals surface area contributed by atoms with Crippen LogP contribution in [0.15, 0.2) is 36.5 Å². The van der Waals surface area contributed by atoms with Crippen molar-refractivity contribution in [2.24, 2.45) is 0 Å². The van der Waals surface area contributed by atoms with Crippen LogP contribution in [-0.2, 0) is 17.9 Å². The normalized spacial score (nSPS) is 17.3. The molecule has 3 rings (SSSR count). The molecule has 6 nitrogen and oxygen atoms in total. The van der Waals surface area contributed by atoms with Crippen LogP contribution in [0.25, 0.3) is 0 Å². The molecule has 0 unspecified atom stereocenters. The lowest BCUT2D eigenvalue weighted by atomic mass is 10.1. The molecule has 0 saturated heterocycles. The smallest absolute Gasteiger partial charge is 0.221 e. The summed E-state index contributed by atoms with van der Waals surface area (Å²) in [6.07, 6.45) is 2.18. The number of amides is 1. The third-order valence-corrected chi connectivity index (χ3v) is 4.18. The van der Waals surface area contributed by atoms with Gasteiger partial charge in [-0.1, -0.05) is 18.2 Å². The predicted molar refractivity (Wildman–Crippen MR) is 85.2 cm³/mol. The fraction of sp³-hybridized carbons (Fsp3) is 0.353. The summed E-state index contributed by atoms with van der Waals surface area (Å²) in [6.45, 7) is 2.20. The zero-order valence-electron chi connectivity index (χ0n) is 13.1. The molecule has 1 aliphatic rings. The molecule has 1 aromatic carbocycles. The molecule has 2 aromatic rings. The van der Waals surface area contributed by atoms with Gasteiger partial charge in [0.05, 0.1) is 29.8 Å². The molecule has 1 aliphatic heterocycles. The number of hydrogen-bond acceptors (Lipinski definition) is 4. The summed E-state index contributed by atoms with van der Waals surface area (Å²) in [5, 5.41) is 16.3. The van der Waals surface area contributed by atoms with Crippen LogP contribution in [0.2, 0.25) is 0 Å². The van der Waals surface area contributed by atoms with Crippen molar-refractivity contribution in [1.29, 1.82) is 5.26 Å². The molecule has 0 radical (unpaired) electrons. The highest BCUT2D eigenvalue weighted by molar-refractivity contribution is 5.76. The van der Waals surface area contributed by atoms with Crippen LogP contribution in [0.3, 0.4) is 0 Å². The topological polar surface area (TPSA) is 74.0 Å². The predicted octanol–water partition coefficient (Wildman–Crippen LogP) is 1.45. The monoisotopic (exact) mass is 309 g/mol. The summed E-state index contributed by atoms with van der Waals surface area (Å²) in [6, 6.07) is 11.9. The van der Waals surface area contributed by atoms with Crippen molar-refractivity contribution in [1.82, 2.24) is 20.0 Å². The number of nitriles is 1. The molecule has 0 fully saturated rings. The average molecular weight is 309 g/mol. The first kappa shape index (κ1) is 15.3. The zero-order valence-corrected chi connectivity index (χ0v) is 13.1. The van der Waals surface area contributed by atoms with Crippen molar-refractivity contribution in [3.8, 4) is 6.07 Å². The van der Waals surface area contributed by atoms with Gasteiger partial charge in [0.2, 0.25) is 5.91 Å². The molecule has 1 N–H and O–H groups in total. The van der Waals surface area contributed by atoms with Crippen molar-refractivity contribution in [3.05, 3.63) is 53.3 Å². The van der Waals surface area contributed by atoms with Crippen LogP contribution < -0.4 is 5.32 Å². The number of hydrogen-bond donors (Lipinski definition) is 1. The highest BCUT2D eigenvalue weighted by atomic mass is 16.1. The molecule has 0 saturated carbocycles. The lowest BCUT2D eigenvalue weighted by Crippen LogP contribution is -2.39. The van der Waals surface area contributed by atoms with Gasteiger partial charge in [-0.05, 0) is 17.7 Å². The Bertz CT molecular complexity index is 745. The Morgan fingerprint density at radius 2 is 2.26 bits per heavy atom. The molecule has 1 atom stereocenters. The average Bonchev–Trinajstić information content (AvgIpc) is 3.04. The Balaban J connectivity index is 1.80. The Morgan fingerprint density at radius 1 is 1.43 bits per heavy atom. The largest absolute Gasteiger partial charge is 0.359 e. The van der Waals surface area contributed by atoms with Crippen LogP contribution in [0.1, 0.15) is 29.3 Å². The van der Waals surface area contributed by atoms with Crippen molar-refractivity contribution in [2.75, 3.05) is 13.6 Å². The van der Waals surface area contributed by atoms with E-state index >= 15 is 0 Å². The van der Waals surface area contributed by atoms with Crippen LogP contribution in [0.5, 0.6) is 0 Å². The first-order valence-electron chi connectivity index (χ1n) is 7.64. The second-order valence-corrected chi connectivity index (χ2v) is 5.74. The Kier molecular flexibility index (Phi) is 4.40. The van der Waals surface area contributed by atoms with E-state index in [9.17, 15) is 10.1 Å². The Hall–Kier alpha value is -2.65. The van der Waals surface area contributed by atoms with E-state index in [0.29, 0.717) is 18.5 Å². The van der Waals surface area contributed by atoms with E-state index in [-0.39, 0.29) is 11.9 Å². The Morgan fingerprint density at radius 3 is 3.04 bits per heavy atom. The summed E-state index contributed by atoms with van der Waals surface area (Å²) in [5.74, 6) is 0.00993. The summed E-state index contributed by atoms with van der Waals surface area (Å²) in [5.41, 5.74) is 2.82. The van der Waals surface area contributed by atoms with E-state index in [1.807, 2.05) is 35.0 Å². The van der Waals surface area contributed by atoms with Gasteiger partial charge in [0, 0.05) is 32.9 Å². The van der Waals surface area contributed by atoms with Gasteiger partial charge in [-0.3, -0.25) is 14.4 Å². The highest BCUT2D eigenvalue weighted by Crippen LogP contribution is 2.25. The van der Waals surface area contributed by atoms with Gasteiger partial charge in [-0.25, -0.2) is 0 Å². The van der Waals surface area contributed by atoms with Gasteiger partial charge in [-0.2, -0.15) is 10.4 Å². The second kappa shape index (κ2) is 6.63. The summed E-state index contributed by atoms with van der Waals surface area (Å²) in [7, 11) is 1.65. The highest BCUT2D eigenvalue weighted by Gasteiger charge is 2.27. The third kappa shape index (κ3) is 3.25. The quantitative estimate of drug-likeness (QED) is 0.927. The number of fused-ring (bicyclic) bond motifs is 1. The second-order valence-electron chi connectivity index (χ2n) is 5.74. The van der Waals surface area contributed by atoms with E-state index in [1.54, 1.807) is 13.2 Å².